The van der Waals surface area contributed by atoms with Crippen LogP contribution < -0.4 is 11.1 Å². The van der Waals surface area contributed by atoms with Crippen molar-refractivity contribution in [1.29, 1.82) is 0 Å². The summed E-state index contributed by atoms with van der Waals surface area (Å²) in [7, 11) is -3.71. The molecule has 0 radical (unpaired) electrons. The maximum absolute atomic E-state index is 17.0. The highest BCUT2D eigenvalue weighted by Crippen LogP contribution is 2.42. The number of benzene rings is 2. The van der Waals surface area contributed by atoms with E-state index in [9.17, 15) is 23.1 Å². The molecular formula is C30H29ClF2N4O5S. The van der Waals surface area contributed by atoms with Gasteiger partial charge < -0.3 is 5.11 Å². The maximum Gasteiger partial charge on any atom is 0.321 e. The first-order valence-electron chi connectivity index (χ1n) is 13.6. The van der Waals surface area contributed by atoms with Crippen LogP contribution in [0.3, 0.4) is 0 Å². The minimum absolute atomic E-state index is 0.0344. The molecule has 43 heavy (non-hydrogen) atoms. The van der Waals surface area contributed by atoms with Gasteiger partial charge in [0.2, 0.25) is 10.0 Å². The number of phenols is 1. The van der Waals surface area contributed by atoms with Gasteiger partial charge in [-0.05, 0) is 55.5 Å². The first-order valence-corrected chi connectivity index (χ1v) is 15.4. The molecule has 5 rings (SSSR count). The highest BCUT2D eigenvalue weighted by atomic mass is 35.5. The quantitative estimate of drug-likeness (QED) is 0.286. The van der Waals surface area contributed by atoms with Crippen LogP contribution in [0.15, 0.2) is 58.1 Å². The summed E-state index contributed by atoms with van der Waals surface area (Å²) in [6.45, 7) is 8.78. The third-order valence-corrected chi connectivity index (χ3v) is 9.59. The monoisotopic (exact) mass is 630 g/mol. The Hall–Kier alpha value is -3.87. The van der Waals surface area contributed by atoms with Crippen molar-refractivity contribution in [3.05, 3.63) is 97.1 Å². The summed E-state index contributed by atoms with van der Waals surface area (Å²) >= 11 is 6.57. The largest absolute Gasteiger partial charge is 0.507 e. The summed E-state index contributed by atoms with van der Waals surface area (Å²) in [6.07, 6.45) is 1.83. The van der Waals surface area contributed by atoms with E-state index in [0.29, 0.717) is 11.3 Å². The molecule has 4 aromatic rings. The molecule has 0 spiro atoms. The molecular weight excluding hydrogens is 602 g/mol. The molecule has 0 bridgehead atoms. The Bertz CT molecular complexity index is 2000. The lowest BCUT2D eigenvalue weighted by Crippen LogP contribution is -2.46. The van der Waals surface area contributed by atoms with E-state index in [1.807, 2.05) is 13.8 Å². The second-order valence-electron chi connectivity index (χ2n) is 10.7. The lowest BCUT2D eigenvalue weighted by Gasteiger charge is -2.32. The Kier molecular flexibility index (Phi) is 8.05. The zero-order valence-corrected chi connectivity index (χ0v) is 25.2. The normalized spacial score (nSPS) is 15.0. The van der Waals surface area contributed by atoms with Crippen molar-refractivity contribution < 1.29 is 22.3 Å². The van der Waals surface area contributed by atoms with E-state index in [1.165, 1.54) is 22.5 Å². The number of pyridine rings is 1. The van der Waals surface area contributed by atoms with Crippen LogP contribution in [-0.4, -0.2) is 45.0 Å². The second-order valence-corrected chi connectivity index (χ2v) is 13.0. The summed E-state index contributed by atoms with van der Waals surface area (Å²) in [5.74, 6) is -2.88. The number of halogens is 3. The molecule has 3 heterocycles. The average molecular weight is 631 g/mol. The van der Waals surface area contributed by atoms with E-state index >= 15 is 8.78 Å². The highest BCUT2D eigenvalue weighted by Gasteiger charge is 2.32. The van der Waals surface area contributed by atoms with Crippen LogP contribution in [0.4, 0.5) is 8.78 Å². The maximum atomic E-state index is 17.0. The van der Waals surface area contributed by atoms with Crippen LogP contribution in [-0.2, 0) is 10.0 Å². The Labute approximate surface area is 251 Å². The number of aromatic nitrogens is 3. The van der Waals surface area contributed by atoms with E-state index in [1.54, 1.807) is 19.2 Å². The van der Waals surface area contributed by atoms with Gasteiger partial charge in [0, 0.05) is 36.3 Å². The Morgan fingerprint density at radius 3 is 2.40 bits per heavy atom. The van der Waals surface area contributed by atoms with Crippen molar-refractivity contribution in [2.45, 2.75) is 45.6 Å². The first-order chi connectivity index (χ1) is 20.3. The first kappa shape index (κ1) is 30.6. The zero-order valence-electron chi connectivity index (χ0n) is 23.6. The van der Waals surface area contributed by atoms with Crippen LogP contribution >= 0.6 is 11.6 Å². The molecule has 1 N–H and O–H groups in total. The van der Waals surface area contributed by atoms with Crippen LogP contribution in [0.2, 0.25) is 5.02 Å². The number of aromatic hydroxyl groups is 1. The molecule has 9 nitrogen and oxygen atoms in total. The second kappa shape index (κ2) is 11.3. The number of piperidine rings is 1. The number of aryl methyl sites for hydroxylation is 1. The number of nitrogens with zero attached hydrogens (tertiary/aromatic N) is 4. The average Bonchev–Trinajstić information content (AvgIpc) is 2.96. The molecule has 0 saturated carbocycles. The molecule has 1 aliphatic heterocycles. The third kappa shape index (κ3) is 5.07. The fourth-order valence-electron chi connectivity index (χ4n) is 5.71. The predicted octanol–water partition coefficient (Wildman–Crippen LogP) is 5.39. The minimum Gasteiger partial charge on any atom is -0.507 e. The molecule has 0 aliphatic carbocycles. The van der Waals surface area contributed by atoms with Crippen LogP contribution in [0, 0.1) is 18.6 Å². The Morgan fingerprint density at radius 2 is 1.79 bits per heavy atom. The molecule has 1 fully saturated rings. The lowest BCUT2D eigenvalue weighted by atomic mass is 10.00. The van der Waals surface area contributed by atoms with Crippen LogP contribution in [0.1, 0.15) is 49.9 Å². The molecule has 226 valence electrons. The topological polar surface area (TPSA) is 114 Å². The molecule has 0 amide bonds. The number of phenolic OH excluding ortho intramolecular Hbond substituents is 1. The van der Waals surface area contributed by atoms with E-state index in [4.69, 9.17) is 11.6 Å². The molecule has 0 unspecified atom stereocenters. The van der Waals surface area contributed by atoms with E-state index in [0.717, 1.165) is 20.6 Å². The fraction of sp³-hybridized carbons (Fsp3) is 0.300. The summed E-state index contributed by atoms with van der Waals surface area (Å²) in [4.78, 5) is 32.3. The number of rotatable bonds is 6. The van der Waals surface area contributed by atoms with E-state index < -0.39 is 55.7 Å². The smallest absolute Gasteiger partial charge is 0.321 e. The standard InChI is InChI=1S/C30H29ClF2N4O5S/c1-5-43(41,42)35-13-10-18(11-14-35)36-21-15-19(31)23(24-20(32)7-6-8-22(24)38)25(33)28(21)37(30(40)29(36)39)27-17(4)9-12-34-26(27)16(2)3/h5-9,12,15-16,18,38H,1,10-11,13-14H2,2-4H3. The highest BCUT2D eigenvalue weighted by molar-refractivity contribution is 7.92. The van der Waals surface area contributed by atoms with Gasteiger partial charge in [0.05, 0.1) is 27.5 Å². The van der Waals surface area contributed by atoms with Gasteiger partial charge >= 0.3 is 11.1 Å². The zero-order chi connectivity index (χ0) is 31.4. The van der Waals surface area contributed by atoms with Crippen LogP contribution in [0.25, 0.3) is 27.8 Å². The van der Waals surface area contributed by atoms with Gasteiger partial charge in [-0.15, -0.1) is 0 Å². The van der Waals surface area contributed by atoms with Gasteiger partial charge in [0.25, 0.3) is 0 Å². The van der Waals surface area contributed by atoms with Gasteiger partial charge in [-0.25, -0.2) is 17.2 Å². The van der Waals surface area contributed by atoms with Gasteiger partial charge in [-0.1, -0.05) is 38.1 Å². The van der Waals surface area contributed by atoms with Gasteiger partial charge in [0.1, 0.15) is 17.1 Å². The molecule has 1 aliphatic rings. The van der Waals surface area contributed by atoms with Crippen LogP contribution in [0.5, 0.6) is 5.75 Å². The molecule has 2 aromatic heterocycles. The molecule has 1 saturated heterocycles. The van der Waals surface area contributed by atoms with Gasteiger partial charge in [-0.2, -0.15) is 4.31 Å². The number of hydrogen-bond acceptors (Lipinski definition) is 6. The summed E-state index contributed by atoms with van der Waals surface area (Å²) in [5, 5.41) is 11.1. The molecule has 2 aromatic carbocycles. The van der Waals surface area contributed by atoms with E-state index in [-0.39, 0.29) is 53.6 Å². The number of sulfonamides is 1. The van der Waals surface area contributed by atoms with Gasteiger partial charge in [0.15, 0.2) is 5.82 Å². The van der Waals surface area contributed by atoms with Crippen molar-refractivity contribution in [3.8, 4) is 22.6 Å². The molecule has 13 heteroatoms. The molecule has 0 atom stereocenters. The van der Waals surface area contributed by atoms with Crippen molar-refractivity contribution in [2.75, 3.05) is 13.1 Å². The Morgan fingerprint density at radius 1 is 1.12 bits per heavy atom. The number of fused-ring (bicyclic) bond motifs is 1. The summed E-state index contributed by atoms with van der Waals surface area (Å²) < 4.78 is 60.0. The summed E-state index contributed by atoms with van der Waals surface area (Å²) in [5.41, 5.74) is -2.26. The predicted molar refractivity (Wildman–Crippen MR) is 161 cm³/mol. The minimum atomic E-state index is -3.71. The third-order valence-electron chi connectivity index (χ3n) is 7.79. The fourth-order valence-corrected chi connectivity index (χ4v) is 6.92. The lowest BCUT2D eigenvalue weighted by molar-refractivity contribution is 0.275. The van der Waals surface area contributed by atoms with Crippen molar-refractivity contribution in [1.82, 2.24) is 18.4 Å². The van der Waals surface area contributed by atoms with E-state index in [2.05, 4.69) is 11.6 Å². The van der Waals surface area contributed by atoms with Crippen molar-refractivity contribution in [2.24, 2.45) is 0 Å². The Balaban J connectivity index is 1.91. The van der Waals surface area contributed by atoms with Crippen molar-refractivity contribution in [3.63, 3.8) is 0 Å². The summed E-state index contributed by atoms with van der Waals surface area (Å²) in [6, 6.07) is 5.68. The SMILES string of the molecule is C=CS(=O)(=O)N1CCC(n2c(=O)c(=O)n(-c3c(C)ccnc3C(C)C)c3c(F)c(-c4c(O)cccc4F)c(Cl)cc32)CC1. The number of hydrogen-bond donors (Lipinski definition) is 1. The van der Waals surface area contributed by atoms with Crippen molar-refractivity contribution >= 4 is 32.7 Å². The van der Waals surface area contributed by atoms with Gasteiger partial charge in [-0.3, -0.25) is 23.7 Å².